The van der Waals surface area contributed by atoms with E-state index in [0.717, 1.165) is 0 Å². The highest BCUT2D eigenvalue weighted by molar-refractivity contribution is 5.94. The standard InChI is InChI=1S/C23H35N5O7/c1-4-12(2)19(23(34)35)28-22(33)17(9-10-18(25)30)27-20(31)13(3)26-21(32)16(24)11-14-5-7-15(29)8-6-14/h5-8,12-13,16-17,19,29H,4,9-11,24H2,1-3H3,(H2,25,30)(H,26,32)(H,27,31)(H,28,33)(H,34,35). The Hall–Kier alpha value is -3.67. The van der Waals surface area contributed by atoms with Crippen LogP contribution >= 0.6 is 0 Å². The highest BCUT2D eigenvalue weighted by atomic mass is 16.4. The number of nitrogens with two attached hydrogens (primary N) is 2. The van der Waals surface area contributed by atoms with Crippen molar-refractivity contribution in [3.8, 4) is 5.75 Å². The normalized spacial score (nSPS) is 15.1. The molecule has 0 saturated carbocycles. The molecule has 4 amide bonds. The fourth-order valence-electron chi connectivity index (χ4n) is 3.15. The first kappa shape index (κ1) is 29.4. The van der Waals surface area contributed by atoms with E-state index in [4.69, 9.17) is 11.5 Å². The molecule has 0 radical (unpaired) electrons. The molecule has 12 heteroatoms. The van der Waals surface area contributed by atoms with Gasteiger partial charge in [-0.15, -0.1) is 0 Å². The molecule has 0 heterocycles. The number of nitrogens with one attached hydrogen (secondary N) is 3. The van der Waals surface area contributed by atoms with Crippen LogP contribution in [0.4, 0.5) is 0 Å². The van der Waals surface area contributed by atoms with Crippen molar-refractivity contribution in [3.63, 3.8) is 0 Å². The monoisotopic (exact) mass is 493 g/mol. The Morgan fingerprint density at radius 1 is 0.943 bits per heavy atom. The topological polar surface area (TPSA) is 214 Å². The largest absolute Gasteiger partial charge is 0.508 e. The fourth-order valence-corrected chi connectivity index (χ4v) is 3.15. The number of carboxylic acids is 1. The molecule has 0 fully saturated rings. The molecule has 9 N–H and O–H groups in total. The fraction of sp³-hybridized carbons (Fsp3) is 0.522. The van der Waals surface area contributed by atoms with Crippen molar-refractivity contribution in [2.24, 2.45) is 17.4 Å². The zero-order valence-corrected chi connectivity index (χ0v) is 20.1. The Balaban J connectivity index is 2.80. The molecule has 0 saturated heterocycles. The minimum Gasteiger partial charge on any atom is -0.508 e. The van der Waals surface area contributed by atoms with Crippen molar-refractivity contribution in [2.45, 2.75) is 70.6 Å². The maximum Gasteiger partial charge on any atom is 0.326 e. The number of aliphatic carboxylic acids is 1. The third-order valence-electron chi connectivity index (χ3n) is 5.57. The van der Waals surface area contributed by atoms with E-state index in [-0.39, 0.29) is 30.9 Å². The van der Waals surface area contributed by atoms with Crippen molar-refractivity contribution in [2.75, 3.05) is 0 Å². The first-order valence-electron chi connectivity index (χ1n) is 11.3. The van der Waals surface area contributed by atoms with E-state index in [1.165, 1.54) is 19.1 Å². The summed E-state index contributed by atoms with van der Waals surface area (Å²) in [4.78, 5) is 60.6. The first-order valence-corrected chi connectivity index (χ1v) is 11.3. The van der Waals surface area contributed by atoms with Gasteiger partial charge in [0.15, 0.2) is 0 Å². The van der Waals surface area contributed by atoms with Gasteiger partial charge < -0.3 is 37.6 Å². The molecule has 194 valence electrons. The van der Waals surface area contributed by atoms with Crippen LogP contribution in [0, 0.1) is 5.92 Å². The van der Waals surface area contributed by atoms with Gasteiger partial charge in [-0.05, 0) is 43.4 Å². The highest BCUT2D eigenvalue weighted by Crippen LogP contribution is 2.11. The molecule has 0 aliphatic heterocycles. The Kier molecular flexibility index (Phi) is 11.7. The molecule has 0 aliphatic rings. The molecule has 35 heavy (non-hydrogen) atoms. The molecule has 1 aromatic carbocycles. The maximum absolute atomic E-state index is 12.7. The number of primary amides is 1. The van der Waals surface area contributed by atoms with Gasteiger partial charge in [0.25, 0.3) is 0 Å². The zero-order chi connectivity index (χ0) is 26.7. The molecular formula is C23H35N5O7. The van der Waals surface area contributed by atoms with Gasteiger partial charge in [-0.2, -0.15) is 0 Å². The number of hydrogen-bond donors (Lipinski definition) is 7. The van der Waals surface area contributed by atoms with Crippen LogP contribution in [0.3, 0.4) is 0 Å². The molecule has 0 aliphatic carbocycles. The predicted molar refractivity (Wildman–Crippen MR) is 127 cm³/mol. The van der Waals surface area contributed by atoms with Gasteiger partial charge in [-0.25, -0.2) is 4.79 Å². The van der Waals surface area contributed by atoms with Gasteiger partial charge >= 0.3 is 5.97 Å². The molecule has 0 aromatic heterocycles. The van der Waals surface area contributed by atoms with Crippen LogP contribution in [0.1, 0.15) is 45.6 Å². The number of benzene rings is 1. The molecule has 0 spiro atoms. The van der Waals surface area contributed by atoms with Crippen molar-refractivity contribution in [1.29, 1.82) is 0 Å². The van der Waals surface area contributed by atoms with Gasteiger partial charge in [0.1, 0.15) is 23.9 Å². The first-order chi connectivity index (χ1) is 16.3. The summed E-state index contributed by atoms with van der Waals surface area (Å²) in [6.07, 6.45) is 0.276. The summed E-state index contributed by atoms with van der Waals surface area (Å²) >= 11 is 0. The molecule has 5 atom stereocenters. The number of rotatable bonds is 14. The van der Waals surface area contributed by atoms with Gasteiger partial charge in [-0.1, -0.05) is 32.4 Å². The summed E-state index contributed by atoms with van der Waals surface area (Å²) in [6.45, 7) is 4.83. The summed E-state index contributed by atoms with van der Waals surface area (Å²) < 4.78 is 0. The van der Waals surface area contributed by atoms with Crippen molar-refractivity contribution < 1.29 is 34.2 Å². The van der Waals surface area contributed by atoms with Crippen LogP contribution in [-0.4, -0.2) is 64.0 Å². The Morgan fingerprint density at radius 3 is 2.06 bits per heavy atom. The van der Waals surface area contributed by atoms with Crippen LogP contribution in [-0.2, 0) is 30.4 Å². The summed E-state index contributed by atoms with van der Waals surface area (Å²) in [7, 11) is 0. The van der Waals surface area contributed by atoms with Gasteiger partial charge in [0.05, 0.1) is 6.04 Å². The van der Waals surface area contributed by atoms with Crippen LogP contribution < -0.4 is 27.4 Å². The highest BCUT2D eigenvalue weighted by Gasteiger charge is 2.31. The zero-order valence-electron chi connectivity index (χ0n) is 20.1. The van der Waals surface area contributed by atoms with Crippen LogP contribution in [0.15, 0.2) is 24.3 Å². The lowest BCUT2D eigenvalue weighted by atomic mass is 9.98. The SMILES string of the molecule is CCC(C)C(NC(=O)C(CCC(N)=O)NC(=O)C(C)NC(=O)C(N)Cc1ccc(O)cc1)C(=O)O. The molecule has 5 unspecified atom stereocenters. The second-order valence-electron chi connectivity index (χ2n) is 8.48. The summed E-state index contributed by atoms with van der Waals surface area (Å²) in [5.74, 6) is -4.35. The van der Waals surface area contributed by atoms with Crippen molar-refractivity contribution in [1.82, 2.24) is 16.0 Å². The minimum atomic E-state index is -1.24. The van der Waals surface area contributed by atoms with Gasteiger partial charge in [0.2, 0.25) is 23.6 Å². The third-order valence-corrected chi connectivity index (χ3v) is 5.57. The number of carbonyl (C=O) groups excluding carboxylic acids is 4. The van der Waals surface area contributed by atoms with Gasteiger partial charge in [-0.3, -0.25) is 19.2 Å². The molecule has 1 aromatic rings. The summed E-state index contributed by atoms with van der Waals surface area (Å²) in [5, 5.41) is 26.0. The lowest BCUT2D eigenvalue weighted by Gasteiger charge is -2.25. The minimum absolute atomic E-state index is 0.0748. The Labute approximate surface area is 203 Å². The quantitative estimate of drug-likeness (QED) is 0.172. The number of phenolic OH excluding ortho intramolecular Hbond substituents is 1. The Morgan fingerprint density at radius 2 is 1.54 bits per heavy atom. The molecular weight excluding hydrogens is 458 g/mol. The van der Waals surface area contributed by atoms with E-state index in [9.17, 15) is 34.2 Å². The van der Waals surface area contributed by atoms with Crippen molar-refractivity contribution in [3.05, 3.63) is 29.8 Å². The predicted octanol–water partition coefficient (Wildman–Crippen LogP) is -0.867. The van der Waals surface area contributed by atoms with Crippen LogP contribution in [0.5, 0.6) is 5.75 Å². The summed E-state index contributed by atoms with van der Waals surface area (Å²) in [6, 6.07) is 1.67. The lowest BCUT2D eigenvalue weighted by molar-refractivity contribution is -0.144. The smallest absolute Gasteiger partial charge is 0.326 e. The molecule has 1 rings (SSSR count). The second-order valence-corrected chi connectivity index (χ2v) is 8.48. The molecule has 12 nitrogen and oxygen atoms in total. The number of hydrogen-bond acceptors (Lipinski definition) is 7. The number of aromatic hydroxyl groups is 1. The van der Waals surface area contributed by atoms with E-state index in [1.807, 2.05) is 0 Å². The number of carbonyl (C=O) groups is 5. The maximum atomic E-state index is 12.7. The number of amides is 4. The van der Waals surface area contributed by atoms with E-state index in [2.05, 4.69) is 16.0 Å². The van der Waals surface area contributed by atoms with Crippen molar-refractivity contribution >= 4 is 29.6 Å². The van der Waals surface area contributed by atoms with E-state index >= 15 is 0 Å². The third kappa shape index (κ3) is 10.0. The second kappa shape index (κ2) is 13.9. The van der Waals surface area contributed by atoms with Crippen LogP contribution in [0.25, 0.3) is 0 Å². The average Bonchev–Trinajstić information content (AvgIpc) is 2.80. The number of phenols is 1. The lowest BCUT2D eigenvalue weighted by Crippen LogP contribution is -2.57. The number of carboxylic acid groups (broad SMARTS) is 1. The molecule has 0 bridgehead atoms. The van der Waals surface area contributed by atoms with E-state index in [0.29, 0.717) is 12.0 Å². The average molecular weight is 494 g/mol. The van der Waals surface area contributed by atoms with Gasteiger partial charge in [0, 0.05) is 6.42 Å². The van der Waals surface area contributed by atoms with E-state index < -0.39 is 53.8 Å². The van der Waals surface area contributed by atoms with Crippen LogP contribution in [0.2, 0.25) is 0 Å². The Bertz CT molecular complexity index is 906. The summed E-state index contributed by atoms with van der Waals surface area (Å²) in [5.41, 5.74) is 11.8. The van der Waals surface area contributed by atoms with E-state index in [1.54, 1.807) is 26.0 Å².